The highest BCUT2D eigenvalue weighted by Gasteiger charge is 2.42. The highest BCUT2D eigenvalue weighted by molar-refractivity contribution is 5.68. The van der Waals surface area contributed by atoms with Crippen LogP contribution in [0.4, 0.5) is 23.8 Å². The number of halogens is 3. The van der Waals surface area contributed by atoms with E-state index in [1.165, 1.54) is 30.5 Å². The van der Waals surface area contributed by atoms with Gasteiger partial charge in [0.1, 0.15) is 24.1 Å². The standard InChI is InChI=1S/C20H16F3N5O2/c21-20(22,23)17(27-19(29)30-12-13-5-2-1-3-6-13)14-7-4-8-16(9-14)28-18(25)15(10-24)11-26-28/h1-9,11,17H,12,25H2,(H,27,29). The molecule has 0 aliphatic carbocycles. The topological polar surface area (TPSA) is 106 Å². The van der Waals surface area contributed by atoms with Crippen LogP contribution in [-0.4, -0.2) is 22.1 Å². The smallest absolute Gasteiger partial charge is 0.412 e. The second-order valence-corrected chi connectivity index (χ2v) is 6.24. The maximum Gasteiger partial charge on any atom is 0.412 e. The fourth-order valence-corrected chi connectivity index (χ4v) is 2.72. The molecule has 3 N–H and O–H groups in total. The van der Waals surface area contributed by atoms with Crippen molar-refractivity contribution in [2.75, 3.05) is 5.73 Å². The van der Waals surface area contributed by atoms with E-state index >= 15 is 0 Å². The monoisotopic (exact) mass is 415 g/mol. The van der Waals surface area contributed by atoms with Crippen LogP contribution in [0, 0.1) is 11.3 Å². The van der Waals surface area contributed by atoms with E-state index in [-0.39, 0.29) is 29.2 Å². The molecule has 1 amide bonds. The zero-order chi connectivity index (χ0) is 21.7. The first-order valence-corrected chi connectivity index (χ1v) is 8.67. The molecular weight excluding hydrogens is 399 g/mol. The van der Waals surface area contributed by atoms with Gasteiger partial charge in [-0.2, -0.15) is 23.5 Å². The van der Waals surface area contributed by atoms with Crippen molar-refractivity contribution in [2.45, 2.75) is 18.8 Å². The Morgan fingerprint density at radius 1 is 1.23 bits per heavy atom. The van der Waals surface area contributed by atoms with Crippen LogP contribution in [0.25, 0.3) is 5.69 Å². The van der Waals surface area contributed by atoms with E-state index < -0.39 is 18.3 Å². The first-order valence-electron chi connectivity index (χ1n) is 8.67. The van der Waals surface area contributed by atoms with Gasteiger partial charge in [-0.15, -0.1) is 0 Å². The van der Waals surface area contributed by atoms with Gasteiger partial charge in [0.15, 0.2) is 6.04 Å². The SMILES string of the molecule is N#Cc1cnn(-c2cccc(C(NC(=O)OCc3ccccc3)C(F)(F)F)c2)c1N. The van der Waals surface area contributed by atoms with Crippen LogP contribution in [0.5, 0.6) is 0 Å². The Hall–Kier alpha value is -4.00. The average Bonchev–Trinajstić information content (AvgIpc) is 3.11. The van der Waals surface area contributed by atoms with E-state index in [0.29, 0.717) is 5.56 Å². The lowest BCUT2D eigenvalue weighted by atomic mass is 10.1. The van der Waals surface area contributed by atoms with Crippen LogP contribution in [0.2, 0.25) is 0 Å². The summed E-state index contributed by atoms with van der Waals surface area (Å²) < 4.78 is 47.0. The third-order valence-electron chi connectivity index (χ3n) is 4.18. The summed E-state index contributed by atoms with van der Waals surface area (Å²) in [5.74, 6) is -0.00608. The molecular formula is C20H16F3N5O2. The lowest BCUT2D eigenvalue weighted by molar-refractivity contribution is -0.156. The van der Waals surface area contributed by atoms with Gasteiger partial charge in [-0.1, -0.05) is 42.5 Å². The van der Waals surface area contributed by atoms with Gasteiger partial charge >= 0.3 is 12.3 Å². The highest BCUT2D eigenvalue weighted by Crippen LogP contribution is 2.34. The van der Waals surface area contributed by atoms with E-state index in [1.54, 1.807) is 30.3 Å². The number of amides is 1. The lowest BCUT2D eigenvalue weighted by Gasteiger charge is -2.22. The van der Waals surface area contributed by atoms with Crippen molar-refractivity contribution in [3.05, 3.63) is 77.5 Å². The van der Waals surface area contributed by atoms with Crippen LogP contribution in [0.1, 0.15) is 22.7 Å². The molecule has 7 nitrogen and oxygen atoms in total. The fraction of sp³-hybridized carbons (Fsp3) is 0.150. The zero-order valence-electron chi connectivity index (χ0n) is 15.4. The minimum absolute atomic E-state index is 0.00608. The number of benzene rings is 2. The molecule has 2 aromatic carbocycles. The minimum atomic E-state index is -4.78. The summed E-state index contributed by atoms with van der Waals surface area (Å²) in [5.41, 5.74) is 6.50. The Morgan fingerprint density at radius 2 is 1.97 bits per heavy atom. The van der Waals surface area contributed by atoms with E-state index in [0.717, 1.165) is 4.68 Å². The van der Waals surface area contributed by atoms with Crippen molar-refractivity contribution < 1.29 is 22.7 Å². The number of anilines is 1. The number of nitrogens with two attached hydrogens (primary N) is 1. The predicted molar refractivity (Wildman–Crippen MR) is 101 cm³/mol. The molecule has 30 heavy (non-hydrogen) atoms. The van der Waals surface area contributed by atoms with Crippen LogP contribution >= 0.6 is 0 Å². The summed E-state index contributed by atoms with van der Waals surface area (Å²) in [7, 11) is 0. The average molecular weight is 415 g/mol. The maximum absolute atomic E-state index is 13.6. The number of rotatable bonds is 5. The Balaban J connectivity index is 1.81. The molecule has 1 heterocycles. The summed E-state index contributed by atoms with van der Waals surface area (Å²) in [4.78, 5) is 12.0. The number of alkyl halides is 3. The molecule has 154 valence electrons. The van der Waals surface area contributed by atoms with Gasteiger partial charge < -0.3 is 15.8 Å². The van der Waals surface area contributed by atoms with Gasteiger partial charge in [0.05, 0.1) is 11.9 Å². The van der Waals surface area contributed by atoms with Crippen molar-refractivity contribution in [2.24, 2.45) is 0 Å². The number of alkyl carbamates (subject to hydrolysis) is 1. The van der Waals surface area contributed by atoms with Crippen molar-refractivity contribution in [1.82, 2.24) is 15.1 Å². The molecule has 10 heteroatoms. The van der Waals surface area contributed by atoms with Gasteiger partial charge in [0, 0.05) is 0 Å². The Kier molecular flexibility index (Phi) is 5.92. The number of carbonyl (C=O) groups is 1. The number of carbonyl (C=O) groups excluding carboxylic acids is 1. The molecule has 0 radical (unpaired) electrons. The minimum Gasteiger partial charge on any atom is -0.445 e. The molecule has 1 aromatic heterocycles. The van der Waals surface area contributed by atoms with E-state index in [1.807, 2.05) is 11.4 Å². The number of nitriles is 1. The van der Waals surface area contributed by atoms with Crippen LogP contribution in [0.3, 0.4) is 0 Å². The summed E-state index contributed by atoms with van der Waals surface area (Å²) in [6, 6.07) is 13.3. The summed E-state index contributed by atoms with van der Waals surface area (Å²) in [6.45, 7) is -0.169. The second kappa shape index (κ2) is 8.57. The number of nitrogen functional groups attached to an aromatic ring is 1. The molecule has 3 aromatic rings. The molecule has 1 unspecified atom stereocenters. The highest BCUT2D eigenvalue weighted by atomic mass is 19.4. The third kappa shape index (κ3) is 4.70. The molecule has 0 fully saturated rings. The number of ether oxygens (including phenoxy) is 1. The maximum atomic E-state index is 13.6. The van der Waals surface area contributed by atoms with Crippen molar-refractivity contribution in [1.29, 1.82) is 5.26 Å². The Morgan fingerprint density at radius 3 is 2.60 bits per heavy atom. The largest absolute Gasteiger partial charge is 0.445 e. The van der Waals surface area contributed by atoms with Crippen molar-refractivity contribution in [3.63, 3.8) is 0 Å². The molecule has 1 atom stereocenters. The van der Waals surface area contributed by atoms with Gasteiger partial charge in [0.25, 0.3) is 0 Å². The molecule has 0 saturated carbocycles. The number of hydrogen-bond acceptors (Lipinski definition) is 5. The first kappa shape index (κ1) is 20.7. The van der Waals surface area contributed by atoms with Gasteiger partial charge in [-0.05, 0) is 23.3 Å². The van der Waals surface area contributed by atoms with Crippen LogP contribution in [-0.2, 0) is 11.3 Å². The molecule has 0 aliphatic rings. The lowest BCUT2D eigenvalue weighted by Crippen LogP contribution is -2.38. The summed E-state index contributed by atoms with van der Waals surface area (Å²) >= 11 is 0. The van der Waals surface area contributed by atoms with E-state index in [4.69, 9.17) is 15.7 Å². The number of nitrogens with zero attached hydrogens (tertiary/aromatic N) is 3. The third-order valence-corrected chi connectivity index (χ3v) is 4.18. The van der Waals surface area contributed by atoms with E-state index in [9.17, 15) is 18.0 Å². The van der Waals surface area contributed by atoms with Gasteiger partial charge in [-0.25, -0.2) is 9.48 Å². The van der Waals surface area contributed by atoms with Crippen LogP contribution < -0.4 is 11.1 Å². The molecule has 0 aliphatic heterocycles. The fourth-order valence-electron chi connectivity index (χ4n) is 2.72. The number of hydrogen-bond donors (Lipinski definition) is 2. The second-order valence-electron chi connectivity index (χ2n) is 6.24. The zero-order valence-corrected chi connectivity index (χ0v) is 15.4. The summed E-state index contributed by atoms with van der Waals surface area (Å²) in [5, 5.41) is 14.7. The quantitative estimate of drug-likeness (QED) is 0.658. The summed E-state index contributed by atoms with van der Waals surface area (Å²) in [6.07, 6.45) is -4.78. The molecule has 3 rings (SSSR count). The Labute approximate surface area is 169 Å². The van der Waals surface area contributed by atoms with Gasteiger partial charge in [-0.3, -0.25) is 0 Å². The molecule has 0 saturated heterocycles. The number of aromatic nitrogens is 2. The van der Waals surface area contributed by atoms with Gasteiger partial charge in [0.2, 0.25) is 0 Å². The predicted octanol–water partition coefficient (Wildman–Crippen LogP) is 3.86. The first-order chi connectivity index (χ1) is 14.3. The van der Waals surface area contributed by atoms with Crippen LogP contribution in [0.15, 0.2) is 60.8 Å². The normalized spacial score (nSPS) is 12.1. The van der Waals surface area contributed by atoms with Crippen molar-refractivity contribution >= 4 is 11.9 Å². The molecule has 0 spiro atoms. The molecule has 0 bridgehead atoms. The number of nitrogens with one attached hydrogen (secondary N) is 1. The Bertz CT molecular complexity index is 1070. The van der Waals surface area contributed by atoms with E-state index in [2.05, 4.69) is 5.10 Å². The van der Waals surface area contributed by atoms with Crippen molar-refractivity contribution in [3.8, 4) is 11.8 Å².